The molecule has 0 unspecified atom stereocenters. The van der Waals surface area contributed by atoms with Gasteiger partial charge in [-0.1, -0.05) is 12.6 Å². The van der Waals surface area contributed by atoms with E-state index < -0.39 is 0 Å². The van der Waals surface area contributed by atoms with E-state index in [9.17, 15) is 9.59 Å². The van der Waals surface area contributed by atoms with Crippen molar-refractivity contribution >= 4 is 28.5 Å². The van der Waals surface area contributed by atoms with Crippen LogP contribution in [0.1, 0.15) is 35.8 Å². The van der Waals surface area contributed by atoms with E-state index >= 15 is 0 Å². The number of benzene rings is 2. The van der Waals surface area contributed by atoms with Gasteiger partial charge in [0.2, 0.25) is 5.91 Å². The van der Waals surface area contributed by atoms with Crippen molar-refractivity contribution in [2.45, 2.75) is 26.4 Å². The van der Waals surface area contributed by atoms with Gasteiger partial charge in [-0.15, -0.1) is 0 Å². The van der Waals surface area contributed by atoms with Crippen molar-refractivity contribution in [3.8, 4) is 0 Å². The maximum Gasteiger partial charge on any atom is 0.251 e. The first-order valence-corrected chi connectivity index (χ1v) is 9.14. The van der Waals surface area contributed by atoms with Gasteiger partial charge < -0.3 is 14.8 Å². The van der Waals surface area contributed by atoms with E-state index in [1.807, 2.05) is 18.5 Å². The van der Waals surface area contributed by atoms with Gasteiger partial charge in [-0.25, -0.2) is 4.98 Å². The number of hydrogen-bond donors (Lipinski definition) is 1. The molecule has 3 aromatic rings. The van der Waals surface area contributed by atoms with E-state index in [0.717, 1.165) is 16.6 Å². The summed E-state index contributed by atoms with van der Waals surface area (Å²) >= 11 is 0. The number of aromatic nitrogens is 2. The number of nitrogens with zero attached hydrogens (tertiary/aromatic N) is 3. The van der Waals surface area contributed by atoms with Crippen LogP contribution in [0.15, 0.2) is 61.4 Å². The van der Waals surface area contributed by atoms with Crippen LogP contribution in [0, 0.1) is 0 Å². The van der Waals surface area contributed by atoms with Crippen molar-refractivity contribution in [3.05, 3.63) is 72.6 Å². The summed E-state index contributed by atoms with van der Waals surface area (Å²) in [5.41, 5.74) is 4.25. The van der Waals surface area contributed by atoms with Crippen molar-refractivity contribution in [2.75, 3.05) is 11.9 Å². The van der Waals surface area contributed by atoms with Crippen LogP contribution in [0.3, 0.4) is 0 Å². The Kier molecular flexibility index (Phi) is 5.59. The molecule has 0 saturated carbocycles. The minimum absolute atomic E-state index is 0.165. The highest BCUT2D eigenvalue weighted by Gasteiger charge is 2.11. The van der Waals surface area contributed by atoms with Crippen LogP contribution in [0.25, 0.3) is 11.0 Å². The number of imidazole rings is 1. The zero-order valence-corrected chi connectivity index (χ0v) is 16.3. The maximum absolute atomic E-state index is 12.5. The zero-order valence-electron chi connectivity index (χ0n) is 16.3. The zero-order chi connectivity index (χ0) is 20.3. The van der Waals surface area contributed by atoms with Crippen molar-refractivity contribution in [3.63, 3.8) is 0 Å². The van der Waals surface area contributed by atoms with Gasteiger partial charge in [0.05, 0.1) is 17.4 Å². The Morgan fingerprint density at radius 1 is 1.21 bits per heavy atom. The van der Waals surface area contributed by atoms with Crippen molar-refractivity contribution in [1.29, 1.82) is 0 Å². The predicted octanol–water partition coefficient (Wildman–Crippen LogP) is 3.70. The van der Waals surface area contributed by atoms with Gasteiger partial charge in [0.15, 0.2) is 0 Å². The van der Waals surface area contributed by atoms with E-state index in [1.54, 1.807) is 31.3 Å². The molecule has 2 amide bonds. The first-order chi connectivity index (χ1) is 13.4. The van der Waals surface area contributed by atoms with Gasteiger partial charge >= 0.3 is 0 Å². The van der Waals surface area contributed by atoms with Gasteiger partial charge in [-0.05, 0) is 61.9 Å². The number of fused-ring (bicyclic) bond motifs is 1. The number of carbonyl (C=O) groups excluding carboxylic acids is 2. The van der Waals surface area contributed by atoms with E-state index in [2.05, 4.69) is 41.4 Å². The van der Waals surface area contributed by atoms with Crippen LogP contribution in [0.5, 0.6) is 0 Å². The number of likely N-dealkylation sites (N-methyl/N-ethyl adjacent to an activating group) is 1. The van der Waals surface area contributed by atoms with Gasteiger partial charge in [0, 0.05) is 30.9 Å². The molecule has 1 N–H and O–H groups in total. The van der Waals surface area contributed by atoms with E-state index in [1.165, 1.54) is 11.0 Å². The van der Waals surface area contributed by atoms with Crippen molar-refractivity contribution in [1.82, 2.24) is 14.9 Å². The maximum atomic E-state index is 12.5. The molecule has 3 rings (SSSR count). The first-order valence-electron chi connectivity index (χ1n) is 9.14. The topological polar surface area (TPSA) is 67.2 Å². The largest absolute Gasteiger partial charge is 0.348 e. The molecular weight excluding hydrogens is 352 g/mol. The first kappa shape index (κ1) is 19.4. The van der Waals surface area contributed by atoms with Crippen LogP contribution >= 0.6 is 0 Å². The lowest BCUT2D eigenvalue weighted by Crippen LogP contribution is -2.25. The van der Waals surface area contributed by atoms with Gasteiger partial charge in [0.1, 0.15) is 0 Å². The molecule has 0 aliphatic heterocycles. The Morgan fingerprint density at radius 3 is 2.57 bits per heavy atom. The van der Waals surface area contributed by atoms with Crippen LogP contribution < -0.4 is 10.2 Å². The Morgan fingerprint density at radius 2 is 1.93 bits per heavy atom. The Hall–Kier alpha value is -3.41. The molecule has 0 bridgehead atoms. The molecule has 0 aliphatic carbocycles. The minimum atomic E-state index is -0.201. The third-order valence-electron chi connectivity index (χ3n) is 4.67. The Bertz CT molecular complexity index is 1020. The molecule has 0 spiro atoms. The lowest BCUT2D eigenvalue weighted by atomic mass is 10.1. The van der Waals surface area contributed by atoms with Crippen LogP contribution in [-0.2, 0) is 11.3 Å². The standard InChI is InChI=1S/C22H24N4O2/c1-5-21(27)25(4)18-9-7-17(8-10-18)22(28)23-13-16-6-11-19-20(12-16)26(14-24-19)15(2)3/h5-12,14-15H,1,13H2,2-4H3,(H,23,28). The number of anilines is 1. The summed E-state index contributed by atoms with van der Waals surface area (Å²) in [7, 11) is 1.66. The summed E-state index contributed by atoms with van der Waals surface area (Å²) in [6.45, 7) is 8.12. The summed E-state index contributed by atoms with van der Waals surface area (Å²) in [6, 6.07) is 13.2. The monoisotopic (exact) mass is 376 g/mol. The molecule has 2 aromatic carbocycles. The van der Waals surface area contributed by atoms with Crippen LogP contribution in [0.4, 0.5) is 5.69 Å². The second-order valence-electron chi connectivity index (χ2n) is 6.90. The molecule has 144 valence electrons. The Balaban J connectivity index is 1.68. The number of hydrogen-bond acceptors (Lipinski definition) is 3. The number of rotatable bonds is 6. The molecule has 6 heteroatoms. The van der Waals surface area contributed by atoms with Crippen molar-refractivity contribution < 1.29 is 9.59 Å². The van der Waals surface area contributed by atoms with E-state index in [-0.39, 0.29) is 11.8 Å². The predicted molar refractivity (Wildman–Crippen MR) is 111 cm³/mol. The second-order valence-corrected chi connectivity index (χ2v) is 6.90. The number of amides is 2. The molecule has 0 fully saturated rings. The number of carbonyl (C=O) groups is 2. The lowest BCUT2D eigenvalue weighted by Gasteiger charge is -2.15. The quantitative estimate of drug-likeness (QED) is 0.667. The van der Waals surface area contributed by atoms with Crippen LogP contribution in [-0.4, -0.2) is 28.4 Å². The minimum Gasteiger partial charge on any atom is -0.348 e. The van der Waals surface area contributed by atoms with Crippen LogP contribution in [0.2, 0.25) is 0 Å². The molecule has 0 atom stereocenters. The molecule has 6 nitrogen and oxygen atoms in total. The van der Waals surface area contributed by atoms with Gasteiger partial charge in [0.25, 0.3) is 5.91 Å². The molecular formula is C22H24N4O2. The van der Waals surface area contributed by atoms with Gasteiger partial charge in [-0.2, -0.15) is 0 Å². The summed E-state index contributed by atoms with van der Waals surface area (Å²) in [6.07, 6.45) is 3.09. The highest BCUT2D eigenvalue weighted by Crippen LogP contribution is 2.19. The van der Waals surface area contributed by atoms with Gasteiger partial charge in [-0.3, -0.25) is 9.59 Å². The molecule has 1 aromatic heterocycles. The average Bonchev–Trinajstić information content (AvgIpc) is 3.14. The highest BCUT2D eigenvalue weighted by atomic mass is 16.2. The highest BCUT2D eigenvalue weighted by molar-refractivity contribution is 6.01. The van der Waals surface area contributed by atoms with E-state index in [4.69, 9.17) is 0 Å². The normalized spacial score (nSPS) is 10.9. The summed E-state index contributed by atoms with van der Waals surface area (Å²) in [5, 5.41) is 2.94. The fourth-order valence-electron chi connectivity index (χ4n) is 2.98. The summed E-state index contributed by atoms with van der Waals surface area (Å²) in [5.74, 6) is -0.366. The van der Waals surface area contributed by atoms with Crippen molar-refractivity contribution in [2.24, 2.45) is 0 Å². The third-order valence-corrected chi connectivity index (χ3v) is 4.67. The molecule has 0 saturated heterocycles. The Labute approximate surface area is 164 Å². The molecule has 1 heterocycles. The fourth-order valence-corrected chi connectivity index (χ4v) is 2.98. The summed E-state index contributed by atoms with van der Waals surface area (Å²) in [4.78, 5) is 30.0. The number of nitrogens with one attached hydrogen (secondary N) is 1. The lowest BCUT2D eigenvalue weighted by molar-refractivity contribution is -0.113. The SMILES string of the molecule is C=CC(=O)N(C)c1ccc(C(=O)NCc2ccc3ncn(C(C)C)c3c2)cc1. The fraction of sp³-hybridized carbons (Fsp3) is 0.227. The average molecular weight is 376 g/mol. The molecule has 0 radical (unpaired) electrons. The second kappa shape index (κ2) is 8.08. The molecule has 0 aliphatic rings. The third kappa shape index (κ3) is 3.96. The summed E-state index contributed by atoms with van der Waals surface area (Å²) < 4.78 is 2.11. The smallest absolute Gasteiger partial charge is 0.251 e. The molecule has 28 heavy (non-hydrogen) atoms. The van der Waals surface area contributed by atoms with E-state index in [0.29, 0.717) is 23.8 Å².